The molecule has 1 heterocycles. The Hall–Kier alpha value is -0.141. The van der Waals surface area contributed by atoms with Crippen LogP contribution in [-0.2, 0) is 20.1 Å². The summed E-state index contributed by atoms with van der Waals surface area (Å²) in [7, 11) is 0. The van der Waals surface area contributed by atoms with Crippen LogP contribution in [-0.4, -0.2) is 10.2 Å². The summed E-state index contributed by atoms with van der Waals surface area (Å²) in [6, 6.07) is 1.83. The fourth-order valence-corrected chi connectivity index (χ4v) is 0.215. The van der Waals surface area contributed by atoms with Crippen molar-refractivity contribution in [2.75, 3.05) is 0 Å². The molecule has 1 N–H and O–H groups in total. The summed E-state index contributed by atoms with van der Waals surface area (Å²) in [5.74, 6) is 0. The van der Waals surface area contributed by atoms with E-state index in [0.29, 0.717) is 0 Å². The van der Waals surface area contributed by atoms with Gasteiger partial charge < -0.3 is 0 Å². The van der Waals surface area contributed by atoms with Gasteiger partial charge in [0.25, 0.3) is 0 Å². The van der Waals surface area contributed by atoms with Crippen LogP contribution >= 0.6 is 0 Å². The third-order valence-electron chi connectivity index (χ3n) is 0.406. The number of aromatic nitrogens is 2. The van der Waals surface area contributed by atoms with E-state index in [1.165, 1.54) is 0 Å². The number of aromatic amines is 1. The zero-order chi connectivity index (χ0) is 3.54. The van der Waals surface area contributed by atoms with Gasteiger partial charge in [-0.15, -0.1) is 0 Å². The molecule has 0 aliphatic heterocycles. The molecule has 0 amide bonds. The Labute approximate surface area is 49.3 Å². The van der Waals surface area contributed by atoms with Crippen LogP contribution in [0.2, 0.25) is 0 Å². The zero-order valence-corrected chi connectivity index (χ0v) is 5.41. The van der Waals surface area contributed by atoms with E-state index in [1.807, 2.05) is 6.07 Å². The molecule has 1 radical (unpaired) electrons. The van der Waals surface area contributed by atoms with Gasteiger partial charge in [-0.05, 0) is 6.07 Å². The molecule has 3 heteroatoms. The smallest absolute Gasteiger partial charge is 0.0487 e. The molecule has 0 aliphatic rings. The number of rotatable bonds is 0. The van der Waals surface area contributed by atoms with Crippen molar-refractivity contribution in [2.45, 2.75) is 0 Å². The maximum atomic E-state index is 3.60. The first-order chi connectivity index (χ1) is 2.50. The van der Waals surface area contributed by atoms with Gasteiger partial charge in [-0.1, -0.05) is 0 Å². The molecular weight excluding hydrogens is 256 g/mol. The maximum absolute atomic E-state index is 3.60. The van der Waals surface area contributed by atoms with Crippen molar-refractivity contribution in [1.29, 1.82) is 0 Å². The molecule has 0 bridgehead atoms. The summed E-state index contributed by atoms with van der Waals surface area (Å²) < 4.78 is 0. The van der Waals surface area contributed by atoms with E-state index >= 15 is 0 Å². The van der Waals surface area contributed by atoms with Crippen LogP contribution in [0.5, 0.6) is 0 Å². The molecule has 1 aromatic heterocycles. The topological polar surface area (TPSA) is 28.7 Å². The second kappa shape index (κ2) is 3.07. The molecule has 0 fully saturated rings. The van der Waals surface area contributed by atoms with E-state index < -0.39 is 0 Å². The minimum absolute atomic E-state index is 0. The van der Waals surface area contributed by atoms with Gasteiger partial charge in [0.2, 0.25) is 0 Å². The molecule has 0 aliphatic carbocycles. The van der Waals surface area contributed by atoms with E-state index in [2.05, 4.69) is 10.2 Å². The Bertz CT molecular complexity index is 65.3. The van der Waals surface area contributed by atoms with Crippen LogP contribution in [0.25, 0.3) is 0 Å². The summed E-state index contributed by atoms with van der Waals surface area (Å²) in [6.07, 6.45) is 3.46. The molecule has 0 unspecified atom stereocenters. The van der Waals surface area contributed by atoms with Crippen molar-refractivity contribution in [3.63, 3.8) is 0 Å². The monoisotopic (exact) mass is 261 g/mol. The molecule has 0 aromatic carbocycles. The van der Waals surface area contributed by atoms with Crippen LogP contribution in [0.15, 0.2) is 18.5 Å². The third-order valence-corrected chi connectivity index (χ3v) is 0.406. The molecular formula is C3H4IrN2. The fourth-order valence-electron chi connectivity index (χ4n) is 0.215. The molecule has 0 saturated heterocycles. The Balaban J connectivity index is 0.000000250. The van der Waals surface area contributed by atoms with Crippen LogP contribution in [0, 0.1) is 0 Å². The Morgan fingerprint density at radius 3 is 2.50 bits per heavy atom. The molecule has 6 heavy (non-hydrogen) atoms. The summed E-state index contributed by atoms with van der Waals surface area (Å²) in [6.45, 7) is 0. The molecule has 2 nitrogen and oxygen atoms in total. The fraction of sp³-hybridized carbons (Fsp3) is 0. The SMILES string of the molecule is [Ir].c1cn[nH]c1. The standard InChI is InChI=1S/C3H4N2.Ir/c1-2-4-5-3-1;/h1-3H,(H,4,5);. The van der Waals surface area contributed by atoms with Crippen LogP contribution in [0.4, 0.5) is 0 Å². The summed E-state index contributed by atoms with van der Waals surface area (Å²) in [5, 5.41) is 6.21. The summed E-state index contributed by atoms with van der Waals surface area (Å²) in [4.78, 5) is 0. The Kier molecular flexibility index (Phi) is 2.99. The van der Waals surface area contributed by atoms with E-state index in [1.54, 1.807) is 12.4 Å². The third kappa shape index (κ3) is 1.34. The maximum Gasteiger partial charge on any atom is 0.0487 e. The van der Waals surface area contributed by atoms with Gasteiger partial charge in [-0.3, -0.25) is 5.10 Å². The van der Waals surface area contributed by atoms with E-state index in [4.69, 9.17) is 0 Å². The van der Waals surface area contributed by atoms with Gasteiger partial charge in [0.15, 0.2) is 0 Å². The molecule has 0 spiro atoms. The van der Waals surface area contributed by atoms with Crippen molar-refractivity contribution in [2.24, 2.45) is 0 Å². The molecule has 0 saturated carbocycles. The molecule has 0 atom stereocenters. The first-order valence-corrected chi connectivity index (χ1v) is 1.44. The normalized spacial score (nSPS) is 6.67. The van der Waals surface area contributed by atoms with Gasteiger partial charge in [0.1, 0.15) is 0 Å². The van der Waals surface area contributed by atoms with Crippen molar-refractivity contribution in [3.05, 3.63) is 18.5 Å². The Morgan fingerprint density at radius 2 is 2.33 bits per heavy atom. The summed E-state index contributed by atoms with van der Waals surface area (Å²) in [5.41, 5.74) is 0. The first-order valence-electron chi connectivity index (χ1n) is 1.44. The molecule has 1 rings (SSSR count). The number of hydrogen-bond donors (Lipinski definition) is 1. The quantitative estimate of drug-likeness (QED) is 0.719. The van der Waals surface area contributed by atoms with Crippen molar-refractivity contribution in [3.8, 4) is 0 Å². The van der Waals surface area contributed by atoms with Crippen molar-refractivity contribution in [1.82, 2.24) is 10.2 Å². The number of nitrogens with zero attached hydrogens (tertiary/aromatic N) is 1. The number of nitrogens with one attached hydrogen (secondary N) is 1. The second-order valence-electron chi connectivity index (χ2n) is 0.766. The largest absolute Gasteiger partial charge is 0.286 e. The number of hydrogen-bond acceptors (Lipinski definition) is 1. The zero-order valence-electron chi connectivity index (χ0n) is 3.01. The first kappa shape index (κ1) is 5.86. The average molecular weight is 260 g/mol. The summed E-state index contributed by atoms with van der Waals surface area (Å²) >= 11 is 0. The predicted octanol–water partition coefficient (Wildman–Crippen LogP) is 0.407. The predicted molar refractivity (Wildman–Crippen MR) is 18.6 cm³/mol. The van der Waals surface area contributed by atoms with Crippen LogP contribution in [0.1, 0.15) is 0 Å². The van der Waals surface area contributed by atoms with Crippen molar-refractivity contribution < 1.29 is 20.1 Å². The van der Waals surface area contributed by atoms with Gasteiger partial charge in [-0.2, -0.15) is 5.10 Å². The van der Waals surface area contributed by atoms with Crippen LogP contribution in [0.3, 0.4) is 0 Å². The van der Waals surface area contributed by atoms with Gasteiger partial charge in [-0.25, -0.2) is 0 Å². The van der Waals surface area contributed by atoms with E-state index in [-0.39, 0.29) is 20.1 Å². The second-order valence-corrected chi connectivity index (χ2v) is 0.766. The minimum atomic E-state index is 0. The minimum Gasteiger partial charge on any atom is -0.286 e. The van der Waals surface area contributed by atoms with Crippen molar-refractivity contribution >= 4 is 0 Å². The molecule has 1 aromatic rings. The Morgan fingerprint density at radius 1 is 1.50 bits per heavy atom. The molecule has 35 valence electrons. The van der Waals surface area contributed by atoms with Gasteiger partial charge in [0, 0.05) is 32.5 Å². The van der Waals surface area contributed by atoms with Gasteiger partial charge in [0.05, 0.1) is 0 Å². The van der Waals surface area contributed by atoms with E-state index in [9.17, 15) is 0 Å². The average Bonchev–Trinajstić information content (AvgIpc) is 1.76. The van der Waals surface area contributed by atoms with Crippen LogP contribution < -0.4 is 0 Å². The van der Waals surface area contributed by atoms with Gasteiger partial charge >= 0.3 is 0 Å². The van der Waals surface area contributed by atoms with E-state index in [0.717, 1.165) is 0 Å². The number of H-pyrrole nitrogens is 1.